The predicted molar refractivity (Wildman–Crippen MR) is 76.7 cm³/mol. The van der Waals surface area contributed by atoms with Crippen LogP contribution in [0, 0.1) is 0 Å². The number of hydrogen-bond donors (Lipinski definition) is 2. The number of carbonyl (C=O) groups excluding carboxylic acids is 2. The number of halogens is 2. The first-order valence-corrected chi connectivity index (χ1v) is 6.72. The zero-order valence-corrected chi connectivity index (χ0v) is 12.3. The van der Waals surface area contributed by atoms with Crippen molar-refractivity contribution in [2.45, 2.75) is 26.3 Å². The molecule has 0 saturated heterocycles. The van der Waals surface area contributed by atoms with Crippen molar-refractivity contribution in [3.05, 3.63) is 33.8 Å². The molecule has 0 spiro atoms. The summed E-state index contributed by atoms with van der Waals surface area (Å²) in [6.45, 7) is 3.81. The van der Waals surface area contributed by atoms with E-state index in [1.54, 1.807) is 6.07 Å². The first-order valence-electron chi connectivity index (χ1n) is 5.96. The average molecular weight is 303 g/mol. The molecular weight excluding hydrogens is 287 g/mol. The molecule has 1 rings (SSSR count). The smallest absolute Gasteiger partial charge is 0.251 e. The van der Waals surface area contributed by atoms with Crippen molar-refractivity contribution in [2.75, 3.05) is 6.54 Å². The van der Waals surface area contributed by atoms with Crippen LogP contribution in [0.5, 0.6) is 0 Å². The zero-order chi connectivity index (χ0) is 14.4. The summed E-state index contributed by atoms with van der Waals surface area (Å²) >= 11 is 11.6. The van der Waals surface area contributed by atoms with Crippen molar-refractivity contribution in [1.82, 2.24) is 10.6 Å². The van der Waals surface area contributed by atoms with Crippen molar-refractivity contribution in [1.29, 1.82) is 0 Å². The Morgan fingerprint density at radius 1 is 1.26 bits per heavy atom. The Morgan fingerprint density at radius 3 is 2.53 bits per heavy atom. The largest absolute Gasteiger partial charge is 0.352 e. The molecule has 4 nitrogen and oxygen atoms in total. The number of nitrogens with one attached hydrogen (secondary N) is 2. The van der Waals surface area contributed by atoms with Gasteiger partial charge in [0.1, 0.15) is 0 Å². The number of amides is 2. The van der Waals surface area contributed by atoms with Crippen LogP contribution in [0.1, 0.15) is 30.6 Å². The van der Waals surface area contributed by atoms with Crippen LogP contribution in [0.3, 0.4) is 0 Å². The van der Waals surface area contributed by atoms with E-state index in [-0.39, 0.29) is 24.4 Å². The quantitative estimate of drug-likeness (QED) is 0.878. The maximum atomic E-state index is 11.8. The van der Waals surface area contributed by atoms with E-state index in [4.69, 9.17) is 23.2 Å². The standard InChI is InChI=1S/C13H16Cl2N2O2/c1-3-8(2)17-12(18)7-16-13(19)9-4-5-10(14)11(15)6-9/h4-6,8H,3,7H2,1-2H3,(H,16,19)(H,17,18). The zero-order valence-electron chi connectivity index (χ0n) is 10.8. The second-order valence-corrected chi connectivity index (χ2v) is 5.00. The molecule has 0 aromatic heterocycles. The summed E-state index contributed by atoms with van der Waals surface area (Å²) in [6.07, 6.45) is 0.840. The molecule has 2 N–H and O–H groups in total. The fraction of sp³-hybridized carbons (Fsp3) is 0.385. The maximum Gasteiger partial charge on any atom is 0.251 e. The number of carbonyl (C=O) groups is 2. The molecule has 0 bridgehead atoms. The molecule has 0 aliphatic carbocycles. The summed E-state index contributed by atoms with van der Waals surface area (Å²) in [5.41, 5.74) is 0.366. The van der Waals surface area contributed by atoms with E-state index in [1.165, 1.54) is 12.1 Å². The molecule has 6 heteroatoms. The topological polar surface area (TPSA) is 58.2 Å². The maximum absolute atomic E-state index is 11.8. The molecule has 0 aliphatic heterocycles. The lowest BCUT2D eigenvalue weighted by Crippen LogP contribution is -2.40. The van der Waals surface area contributed by atoms with Gasteiger partial charge in [-0.1, -0.05) is 30.1 Å². The van der Waals surface area contributed by atoms with Crippen molar-refractivity contribution in [2.24, 2.45) is 0 Å². The SMILES string of the molecule is CCC(C)NC(=O)CNC(=O)c1ccc(Cl)c(Cl)c1. The van der Waals surface area contributed by atoms with Crippen molar-refractivity contribution in [3.8, 4) is 0 Å². The lowest BCUT2D eigenvalue weighted by Gasteiger charge is -2.12. The molecule has 19 heavy (non-hydrogen) atoms. The van der Waals surface area contributed by atoms with Gasteiger partial charge in [-0.2, -0.15) is 0 Å². The van der Waals surface area contributed by atoms with E-state index in [9.17, 15) is 9.59 Å². The highest BCUT2D eigenvalue weighted by atomic mass is 35.5. The van der Waals surface area contributed by atoms with Crippen LogP contribution in [0.25, 0.3) is 0 Å². The third kappa shape index (κ3) is 5.09. The van der Waals surface area contributed by atoms with Crippen LogP contribution in [-0.2, 0) is 4.79 Å². The summed E-state index contributed by atoms with van der Waals surface area (Å²) < 4.78 is 0. The molecule has 1 unspecified atom stereocenters. The second kappa shape index (κ2) is 7.36. The molecule has 0 radical (unpaired) electrons. The van der Waals surface area contributed by atoms with Gasteiger partial charge in [0.25, 0.3) is 5.91 Å². The summed E-state index contributed by atoms with van der Waals surface area (Å²) in [5, 5.41) is 5.96. The highest BCUT2D eigenvalue weighted by Crippen LogP contribution is 2.22. The summed E-state index contributed by atoms with van der Waals surface area (Å²) in [5.74, 6) is -0.583. The Hall–Kier alpha value is -1.26. The number of rotatable bonds is 5. The molecule has 0 aliphatic rings. The third-order valence-corrected chi connectivity index (χ3v) is 3.35. The highest BCUT2D eigenvalue weighted by molar-refractivity contribution is 6.42. The van der Waals surface area contributed by atoms with Crippen molar-refractivity contribution in [3.63, 3.8) is 0 Å². The fourth-order valence-corrected chi connectivity index (χ4v) is 1.63. The lowest BCUT2D eigenvalue weighted by atomic mass is 10.2. The van der Waals surface area contributed by atoms with Crippen molar-refractivity contribution >= 4 is 35.0 Å². The van der Waals surface area contributed by atoms with E-state index in [2.05, 4.69) is 10.6 Å². The minimum atomic E-state index is -0.363. The monoisotopic (exact) mass is 302 g/mol. The van der Waals surface area contributed by atoms with Gasteiger partial charge in [0, 0.05) is 11.6 Å². The summed E-state index contributed by atoms with van der Waals surface area (Å²) in [7, 11) is 0. The van der Waals surface area contributed by atoms with Crippen LogP contribution >= 0.6 is 23.2 Å². The fourth-order valence-electron chi connectivity index (χ4n) is 1.33. The van der Waals surface area contributed by atoms with Gasteiger partial charge in [-0.25, -0.2) is 0 Å². The van der Waals surface area contributed by atoms with Crippen LogP contribution < -0.4 is 10.6 Å². The molecule has 2 amide bonds. The second-order valence-electron chi connectivity index (χ2n) is 4.19. The number of benzene rings is 1. The Bertz CT molecular complexity index is 478. The van der Waals surface area contributed by atoms with Gasteiger partial charge in [-0.15, -0.1) is 0 Å². The Labute approximate surface area is 122 Å². The van der Waals surface area contributed by atoms with E-state index in [0.717, 1.165) is 6.42 Å². The predicted octanol–water partition coefficient (Wildman–Crippen LogP) is 2.64. The van der Waals surface area contributed by atoms with Crippen LogP contribution in [0.4, 0.5) is 0 Å². The van der Waals surface area contributed by atoms with Gasteiger partial charge < -0.3 is 10.6 Å². The Balaban J connectivity index is 2.51. The van der Waals surface area contributed by atoms with E-state index >= 15 is 0 Å². The average Bonchev–Trinajstić information content (AvgIpc) is 2.39. The third-order valence-electron chi connectivity index (χ3n) is 2.61. The summed E-state index contributed by atoms with van der Waals surface area (Å²) in [4.78, 5) is 23.3. The van der Waals surface area contributed by atoms with Gasteiger partial charge in [-0.05, 0) is 31.5 Å². The minimum Gasteiger partial charge on any atom is -0.352 e. The molecule has 1 atom stereocenters. The molecule has 0 heterocycles. The van der Waals surface area contributed by atoms with E-state index in [0.29, 0.717) is 15.6 Å². The van der Waals surface area contributed by atoms with Crippen LogP contribution in [0.2, 0.25) is 10.0 Å². The normalized spacial score (nSPS) is 11.8. The minimum absolute atomic E-state index is 0.0661. The van der Waals surface area contributed by atoms with Gasteiger partial charge >= 0.3 is 0 Å². The lowest BCUT2D eigenvalue weighted by molar-refractivity contribution is -0.120. The first-order chi connectivity index (χ1) is 8.93. The van der Waals surface area contributed by atoms with Gasteiger partial charge in [0.2, 0.25) is 5.91 Å². The Morgan fingerprint density at radius 2 is 1.95 bits per heavy atom. The molecule has 0 fully saturated rings. The van der Waals surface area contributed by atoms with E-state index in [1.807, 2.05) is 13.8 Å². The number of hydrogen-bond acceptors (Lipinski definition) is 2. The van der Waals surface area contributed by atoms with Gasteiger partial charge in [0.05, 0.1) is 16.6 Å². The molecule has 1 aromatic rings. The first kappa shape index (κ1) is 15.8. The van der Waals surface area contributed by atoms with Gasteiger partial charge in [-0.3, -0.25) is 9.59 Å². The molecular formula is C13H16Cl2N2O2. The van der Waals surface area contributed by atoms with Crippen LogP contribution in [-0.4, -0.2) is 24.4 Å². The molecule has 0 saturated carbocycles. The highest BCUT2D eigenvalue weighted by Gasteiger charge is 2.10. The van der Waals surface area contributed by atoms with Crippen molar-refractivity contribution < 1.29 is 9.59 Å². The van der Waals surface area contributed by atoms with E-state index < -0.39 is 0 Å². The van der Waals surface area contributed by atoms with Gasteiger partial charge in [0.15, 0.2) is 0 Å². The Kier molecular flexibility index (Phi) is 6.12. The molecule has 1 aromatic carbocycles. The summed E-state index contributed by atoms with van der Waals surface area (Å²) in [6, 6.07) is 4.65. The molecule has 104 valence electrons. The van der Waals surface area contributed by atoms with Crippen LogP contribution in [0.15, 0.2) is 18.2 Å².